The number of hydrogen-bond acceptors (Lipinski definition) is 3. The maximum atomic E-state index is 10.9. The minimum atomic E-state index is -0.382. The van der Waals surface area contributed by atoms with Gasteiger partial charge >= 0.3 is 0 Å². The lowest BCUT2D eigenvalue weighted by molar-refractivity contribution is -0.384. The van der Waals surface area contributed by atoms with Gasteiger partial charge in [-0.2, -0.15) is 0 Å². The van der Waals surface area contributed by atoms with Crippen molar-refractivity contribution in [1.82, 2.24) is 0 Å². The molecular formula is C12H9IN2O2. The molecule has 0 atom stereocenters. The van der Waals surface area contributed by atoms with E-state index in [1.165, 1.54) is 6.07 Å². The summed E-state index contributed by atoms with van der Waals surface area (Å²) in [6, 6.07) is 14.4. The summed E-state index contributed by atoms with van der Waals surface area (Å²) >= 11 is 2.08. The summed E-state index contributed by atoms with van der Waals surface area (Å²) in [7, 11) is 0. The van der Waals surface area contributed by atoms with Gasteiger partial charge in [-0.25, -0.2) is 0 Å². The molecule has 5 heteroatoms. The average molecular weight is 340 g/mol. The molecule has 0 fully saturated rings. The van der Waals surface area contributed by atoms with Crippen molar-refractivity contribution < 1.29 is 4.92 Å². The van der Waals surface area contributed by atoms with Crippen molar-refractivity contribution >= 4 is 39.7 Å². The second kappa shape index (κ2) is 5.13. The Labute approximate surface area is 112 Å². The van der Waals surface area contributed by atoms with E-state index in [1.54, 1.807) is 6.07 Å². The fourth-order valence-corrected chi connectivity index (χ4v) is 2.07. The van der Waals surface area contributed by atoms with Gasteiger partial charge in [0.05, 0.1) is 4.92 Å². The van der Waals surface area contributed by atoms with Crippen LogP contribution >= 0.6 is 22.6 Å². The Bertz CT molecular complexity index is 543. The fourth-order valence-electron chi connectivity index (χ4n) is 1.45. The van der Waals surface area contributed by atoms with Crippen LogP contribution in [0.15, 0.2) is 48.5 Å². The number of nitro benzene ring substituents is 1. The van der Waals surface area contributed by atoms with E-state index in [2.05, 4.69) is 27.9 Å². The molecule has 2 aromatic carbocycles. The van der Waals surface area contributed by atoms with E-state index in [0.29, 0.717) is 5.69 Å². The van der Waals surface area contributed by atoms with Crippen LogP contribution in [0.2, 0.25) is 0 Å². The van der Waals surface area contributed by atoms with Crippen LogP contribution in [0.3, 0.4) is 0 Å². The standard InChI is InChI=1S/C12H9IN2O2/c13-10-7-4-8-11(15(16)17)12(10)14-9-5-2-1-3-6-9/h1-8,14H. The molecule has 0 unspecified atom stereocenters. The van der Waals surface area contributed by atoms with Crippen molar-refractivity contribution in [2.75, 3.05) is 5.32 Å². The highest BCUT2D eigenvalue weighted by Gasteiger charge is 2.15. The zero-order valence-corrected chi connectivity index (χ0v) is 10.9. The first-order chi connectivity index (χ1) is 8.18. The molecule has 0 aliphatic rings. The fraction of sp³-hybridized carbons (Fsp3) is 0. The molecule has 0 aliphatic carbocycles. The van der Waals surface area contributed by atoms with Crippen LogP contribution in [0.4, 0.5) is 17.1 Å². The number of benzene rings is 2. The molecule has 0 heterocycles. The van der Waals surface area contributed by atoms with E-state index < -0.39 is 0 Å². The minimum absolute atomic E-state index is 0.0840. The smallest absolute Gasteiger partial charge is 0.293 e. The lowest BCUT2D eigenvalue weighted by Gasteiger charge is -2.08. The lowest BCUT2D eigenvalue weighted by atomic mass is 10.2. The first-order valence-electron chi connectivity index (χ1n) is 4.93. The third kappa shape index (κ3) is 2.73. The number of para-hydroxylation sites is 2. The summed E-state index contributed by atoms with van der Waals surface area (Å²) < 4.78 is 0.820. The van der Waals surface area contributed by atoms with Gasteiger partial charge in [0.15, 0.2) is 0 Å². The predicted molar refractivity (Wildman–Crippen MR) is 75.5 cm³/mol. The average Bonchev–Trinajstić information content (AvgIpc) is 2.33. The van der Waals surface area contributed by atoms with Gasteiger partial charge in [-0.05, 0) is 40.8 Å². The summed E-state index contributed by atoms with van der Waals surface area (Å²) in [5.41, 5.74) is 1.45. The highest BCUT2D eigenvalue weighted by Crippen LogP contribution is 2.31. The van der Waals surface area contributed by atoms with E-state index in [1.807, 2.05) is 36.4 Å². The number of nitrogens with zero attached hydrogens (tertiary/aromatic N) is 1. The molecule has 0 aromatic heterocycles. The number of nitrogens with one attached hydrogen (secondary N) is 1. The predicted octanol–water partition coefficient (Wildman–Crippen LogP) is 3.94. The van der Waals surface area contributed by atoms with Crippen molar-refractivity contribution in [2.45, 2.75) is 0 Å². The maximum Gasteiger partial charge on any atom is 0.293 e. The molecule has 4 nitrogen and oxygen atoms in total. The molecule has 0 amide bonds. The molecule has 1 N–H and O–H groups in total. The molecule has 2 aromatic rings. The summed E-state index contributed by atoms with van der Waals surface area (Å²) in [5, 5.41) is 14.0. The zero-order chi connectivity index (χ0) is 12.3. The third-order valence-corrected chi connectivity index (χ3v) is 3.13. The molecule has 0 aliphatic heterocycles. The number of halogens is 1. The molecule has 0 spiro atoms. The van der Waals surface area contributed by atoms with Crippen LogP contribution in [-0.2, 0) is 0 Å². The maximum absolute atomic E-state index is 10.9. The van der Waals surface area contributed by atoms with Gasteiger partial charge in [-0.1, -0.05) is 24.3 Å². The van der Waals surface area contributed by atoms with Crippen LogP contribution in [0.5, 0.6) is 0 Å². The van der Waals surface area contributed by atoms with Gasteiger partial charge in [0, 0.05) is 15.3 Å². The minimum Gasteiger partial charge on any atom is -0.349 e. The summed E-state index contributed by atoms with van der Waals surface area (Å²) in [4.78, 5) is 10.5. The van der Waals surface area contributed by atoms with E-state index in [9.17, 15) is 10.1 Å². The quantitative estimate of drug-likeness (QED) is 0.523. The molecule has 2 rings (SSSR count). The normalized spacial score (nSPS) is 9.94. The second-order valence-electron chi connectivity index (χ2n) is 3.38. The van der Waals surface area contributed by atoms with Gasteiger partial charge in [0.2, 0.25) is 0 Å². The van der Waals surface area contributed by atoms with E-state index in [-0.39, 0.29) is 10.6 Å². The summed E-state index contributed by atoms with van der Waals surface area (Å²) in [6.07, 6.45) is 0. The number of anilines is 2. The van der Waals surface area contributed by atoms with Crippen LogP contribution in [0.25, 0.3) is 0 Å². The van der Waals surface area contributed by atoms with Crippen LogP contribution in [-0.4, -0.2) is 4.92 Å². The van der Waals surface area contributed by atoms with Gasteiger partial charge in [-0.15, -0.1) is 0 Å². The van der Waals surface area contributed by atoms with Gasteiger partial charge in [0.25, 0.3) is 5.69 Å². The molecule has 0 radical (unpaired) electrons. The zero-order valence-electron chi connectivity index (χ0n) is 8.76. The second-order valence-corrected chi connectivity index (χ2v) is 4.54. The Morgan fingerprint density at radius 1 is 1.06 bits per heavy atom. The Morgan fingerprint density at radius 2 is 1.76 bits per heavy atom. The van der Waals surface area contributed by atoms with E-state index in [4.69, 9.17) is 0 Å². The number of nitro groups is 1. The van der Waals surface area contributed by atoms with E-state index >= 15 is 0 Å². The first kappa shape index (κ1) is 11.8. The molecular weight excluding hydrogens is 331 g/mol. The van der Waals surface area contributed by atoms with Crippen molar-refractivity contribution in [3.05, 3.63) is 62.2 Å². The van der Waals surface area contributed by atoms with Crippen molar-refractivity contribution in [2.24, 2.45) is 0 Å². The van der Waals surface area contributed by atoms with Crippen LogP contribution < -0.4 is 5.32 Å². The number of rotatable bonds is 3. The van der Waals surface area contributed by atoms with Crippen molar-refractivity contribution in [3.63, 3.8) is 0 Å². The monoisotopic (exact) mass is 340 g/mol. The topological polar surface area (TPSA) is 55.2 Å². The first-order valence-corrected chi connectivity index (χ1v) is 6.01. The summed E-state index contributed by atoms with van der Waals surface area (Å²) in [6.45, 7) is 0. The van der Waals surface area contributed by atoms with Crippen LogP contribution in [0, 0.1) is 13.7 Å². The highest BCUT2D eigenvalue weighted by atomic mass is 127. The summed E-state index contributed by atoms with van der Waals surface area (Å²) in [5.74, 6) is 0. The molecule has 86 valence electrons. The van der Waals surface area contributed by atoms with Crippen molar-refractivity contribution in [3.8, 4) is 0 Å². The van der Waals surface area contributed by atoms with Crippen LogP contribution in [0.1, 0.15) is 0 Å². The SMILES string of the molecule is O=[N+]([O-])c1cccc(I)c1Nc1ccccc1. The number of hydrogen-bond donors (Lipinski definition) is 1. The largest absolute Gasteiger partial charge is 0.349 e. The molecule has 0 saturated carbocycles. The van der Waals surface area contributed by atoms with E-state index in [0.717, 1.165) is 9.26 Å². The Kier molecular flexibility index (Phi) is 3.58. The Hall–Kier alpha value is -1.63. The Balaban J connectivity index is 2.41. The van der Waals surface area contributed by atoms with Crippen molar-refractivity contribution in [1.29, 1.82) is 0 Å². The lowest BCUT2D eigenvalue weighted by Crippen LogP contribution is -1.98. The molecule has 17 heavy (non-hydrogen) atoms. The third-order valence-electron chi connectivity index (χ3n) is 2.23. The highest BCUT2D eigenvalue weighted by molar-refractivity contribution is 14.1. The molecule has 0 saturated heterocycles. The molecule has 0 bridgehead atoms. The van der Waals surface area contributed by atoms with Gasteiger partial charge in [0.1, 0.15) is 5.69 Å². The van der Waals surface area contributed by atoms with Gasteiger partial charge in [-0.3, -0.25) is 10.1 Å². The van der Waals surface area contributed by atoms with Gasteiger partial charge < -0.3 is 5.32 Å². The Morgan fingerprint density at radius 3 is 2.41 bits per heavy atom.